The summed E-state index contributed by atoms with van der Waals surface area (Å²) in [6.07, 6.45) is 0. The summed E-state index contributed by atoms with van der Waals surface area (Å²) in [4.78, 5) is 0. The molecule has 0 aliphatic rings. The molecule has 0 aliphatic heterocycles. The highest BCUT2D eigenvalue weighted by Crippen LogP contribution is 2.46. The number of benzene rings is 2. The SMILES string of the molecule is CC(C)[Si](C(C)C)(C(C)C)n1c(Cl)c([Si](C)(C)c2ccccc2)c2cc(F)ccc21. The van der Waals surface area contributed by atoms with Crippen molar-refractivity contribution in [3.05, 3.63) is 59.5 Å². The predicted octanol–water partition coefficient (Wildman–Crippen LogP) is 7.28. The number of aromatic nitrogens is 1. The van der Waals surface area contributed by atoms with E-state index in [9.17, 15) is 4.39 Å². The molecule has 0 bridgehead atoms. The number of hydrogen-bond acceptors (Lipinski definition) is 0. The van der Waals surface area contributed by atoms with Gasteiger partial charge in [-0.15, -0.1) is 0 Å². The van der Waals surface area contributed by atoms with Crippen molar-refractivity contribution in [3.63, 3.8) is 0 Å². The van der Waals surface area contributed by atoms with Crippen molar-refractivity contribution in [1.82, 2.24) is 4.23 Å². The predicted molar refractivity (Wildman–Crippen MR) is 137 cm³/mol. The summed E-state index contributed by atoms with van der Waals surface area (Å²) in [5.41, 5.74) is 2.62. The minimum atomic E-state index is -2.15. The third kappa shape index (κ3) is 3.41. The van der Waals surface area contributed by atoms with Crippen LogP contribution < -0.4 is 10.4 Å². The molecule has 0 fully saturated rings. The van der Waals surface area contributed by atoms with Crippen LogP contribution in [-0.4, -0.2) is 20.5 Å². The summed E-state index contributed by atoms with van der Waals surface area (Å²) >= 11 is 7.37. The molecule has 3 aromatic rings. The first-order valence-corrected chi connectivity index (χ1v) is 16.6. The summed E-state index contributed by atoms with van der Waals surface area (Å²) in [5, 5.41) is 4.34. The van der Waals surface area contributed by atoms with Gasteiger partial charge in [-0.05, 0) is 40.0 Å². The monoisotopic (exact) mass is 459 g/mol. The molecule has 162 valence electrons. The Labute approximate surface area is 188 Å². The van der Waals surface area contributed by atoms with Gasteiger partial charge in [0.15, 0.2) is 8.24 Å². The lowest BCUT2D eigenvalue weighted by molar-refractivity contribution is 0.629. The molecule has 2 aromatic carbocycles. The number of rotatable bonds is 6. The zero-order chi connectivity index (χ0) is 22.4. The Morgan fingerprint density at radius 2 is 1.37 bits per heavy atom. The van der Waals surface area contributed by atoms with Gasteiger partial charge in [0.1, 0.15) is 19.0 Å². The van der Waals surface area contributed by atoms with E-state index >= 15 is 0 Å². The molecule has 0 aliphatic carbocycles. The van der Waals surface area contributed by atoms with Crippen LogP contribution in [0.15, 0.2) is 48.5 Å². The zero-order valence-electron chi connectivity index (χ0n) is 19.6. The molecular weight excluding hydrogens is 425 g/mol. The Morgan fingerprint density at radius 1 is 0.833 bits per heavy atom. The van der Waals surface area contributed by atoms with Crippen molar-refractivity contribution < 1.29 is 4.39 Å². The van der Waals surface area contributed by atoms with Crippen molar-refractivity contribution in [1.29, 1.82) is 0 Å². The lowest BCUT2D eigenvalue weighted by Gasteiger charge is -2.45. The van der Waals surface area contributed by atoms with E-state index in [0.29, 0.717) is 16.6 Å². The molecule has 1 heterocycles. The van der Waals surface area contributed by atoms with Gasteiger partial charge in [0.25, 0.3) is 0 Å². The van der Waals surface area contributed by atoms with Gasteiger partial charge < -0.3 is 4.23 Å². The molecule has 0 radical (unpaired) electrons. The van der Waals surface area contributed by atoms with Gasteiger partial charge in [0, 0.05) is 10.9 Å². The first kappa shape index (κ1) is 23.3. The van der Waals surface area contributed by atoms with E-state index in [0.717, 1.165) is 16.1 Å². The summed E-state index contributed by atoms with van der Waals surface area (Å²) in [6.45, 7) is 18.7. The van der Waals surface area contributed by atoms with E-state index in [1.807, 2.05) is 12.1 Å². The molecule has 0 spiro atoms. The minimum Gasteiger partial charge on any atom is -0.358 e. The Hall–Kier alpha value is -1.37. The Bertz CT molecular complexity index is 1020. The molecule has 0 N–H and O–H groups in total. The topological polar surface area (TPSA) is 4.93 Å². The van der Waals surface area contributed by atoms with Crippen molar-refractivity contribution in [2.75, 3.05) is 0 Å². The van der Waals surface area contributed by atoms with E-state index in [1.54, 1.807) is 12.1 Å². The van der Waals surface area contributed by atoms with Gasteiger partial charge >= 0.3 is 0 Å². The van der Waals surface area contributed by atoms with Gasteiger partial charge in [-0.3, -0.25) is 0 Å². The van der Waals surface area contributed by atoms with Crippen LogP contribution in [0.25, 0.3) is 10.9 Å². The van der Waals surface area contributed by atoms with Crippen molar-refractivity contribution in [3.8, 4) is 0 Å². The van der Waals surface area contributed by atoms with Crippen LogP contribution in [0.2, 0.25) is 34.9 Å². The summed E-state index contributed by atoms with van der Waals surface area (Å²) < 4.78 is 17.0. The fraction of sp³-hybridized carbons (Fsp3) is 0.440. The number of fused-ring (bicyclic) bond motifs is 1. The first-order valence-electron chi connectivity index (χ1n) is 11.0. The second kappa shape index (κ2) is 8.29. The molecular formula is C25H35ClFNSi2. The minimum absolute atomic E-state index is 0.193. The highest BCUT2D eigenvalue weighted by atomic mass is 35.5. The van der Waals surface area contributed by atoms with Crippen molar-refractivity contribution in [2.45, 2.75) is 71.3 Å². The molecule has 0 atom stereocenters. The quantitative estimate of drug-likeness (QED) is 0.341. The van der Waals surface area contributed by atoms with E-state index in [4.69, 9.17) is 11.6 Å². The second-order valence-electron chi connectivity index (χ2n) is 10.0. The highest BCUT2D eigenvalue weighted by molar-refractivity contribution is 7.03. The molecule has 0 amide bonds. The molecule has 5 heteroatoms. The van der Waals surface area contributed by atoms with E-state index in [2.05, 4.69) is 83.1 Å². The molecule has 0 saturated heterocycles. The fourth-order valence-corrected chi connectivity index (χ4v) is 16.9. The lowest BCUT2D eigenvalue weighted by atomic mass is 10.2. The largest absolute Gasteiger partial charge is 0.358 e. The van der Waals surface area contributed by atoms with Crippen molar-refractivity contribution >= 4 is 49.2 Å². The van der Waals surface area contributed by atoms with Crippen LogP contribution in [0, 0.1) is 5.82 Å². The Morgan fingerprint density at radius 3 is 1.87 bits per heavy atom. The first-order chi connectivity index (χ1) is 14.0. The maximum atomic E-state index is 14.5. The smallest absolute Gasteiger partial charge is 0.171 e. The summed E-state index contributed by atoms with van der Waals surface area (Å²) in [7, 11) is -4.25. The highest BCUT2D eigenvalue weighted by Gasteiger charge is 2.48. The van der Waals surface area contributed by atoms with Crippen LogP contribution in [0.1, 0.15) is 41.5 Å². The maximum Gasteiger partial charge on any atom is 0.171 e. The van der Waals surface area contributed by atoms with Crippen LogP contribution in [0.3, 0.4) is 0 Å². The molecule has 3 rings (SSSR count). The average Bonchev–Trinajstić information content (AvgIpc) is 2.94. The normalized spacial score (nSPS) is 13.2. The Balaban J connectivity index is 2.49. The standard InChI is InChI=1S/C25H35ClFNSi2/c1-17(2)30(18(3)4,19(5)6)28-23-15-14-20(27)16-22(23)24(25(28)26)29(7,8)21-12-10-9-11-13-21/h9-19H,1-8H3. The third-order valence-electron chi connectivity index (χ3n) is 7.15. The van der Waals surface area contributed by atoms with E-state index in [1.165, 1.54) is 10.4 Å². The van der Waals surface area contributed by atoms with Crippen LogP contribution in [-0.2, 0) is 0 Å². The summed E-state index contributed by atoms with van der Waals surface area (Å²) in [5.74, 6) is -0.193. The molecule has 1 nitrogen and oxygen atoms in total. The maximum absolute atomic E-state index is 14.5. The average molecular weight is 460 g/mol. The Kier molecular flexibility index (Phi) is 6.44. The number of halogens is 2. The third-order valence-corrected chi connectivity index (χ3v) is 18.1. The molecule has 0 saturated carbocycles. The van der Waals surface area contributed by atoms with Gasteiger partial charge in [-0.2, -0.15) is 0 Å². The molecule has 0 unspecified atom stereocenters. The van der Waals surface area contributed by atoms with Gasteiger partial charge in [0.05, 0.1) is 0 Å². The van der Waals surface area contributed by atoms with Crippen LogP contribution in [0.4, 0.5) is 4.39 Å². The molecule has 1 aromatic heterocycles. The van der Waals surface area contributed by atoms with E-state index < -0.39 is 16.3 Å². The van der Waals surface area contributed by atoms with Gasteiger partial charge in [0.2, 0.25) is 0 Å². The number of hydrogen-bond donors (Lipinski definition) is 0. The fourth-order valence-electron chi connectivity index (χ4n) is 5.98. The van der Waals surface area contributed by atoms with Crippen LogP contribution >= 0.6 is 11.6 Å². The second-order valence-corrected chi connectivity index (χ2v) is 20.4. The van der Waals surface area contributed by atoms with E-state index in [-0.39, 0.29) is 5.82 Å². The summed E-state index contributed by atoms with van der Waals surface area (Å²) in [6, 6.07) is 15.9. The van der Waals surface area contributed by atoms with Gasteiger partial charge in [-0.1, -0.05) is 102 Å². The molecule has 30 heavy (non-hydrogen) atoms. The number of nitrogens with zero attached hydrogens (tertiary/aromatic N) is 1. The van der Waals surface area contributed by atoms with Gasteiger partial charge in [-0.25, -0.2) is 4.39 Å². The van der Waals surface area contributed by atoms with Crippen molar-refractivity contribution in [2.24, 2.45) is 0 Å². The lowest BCUT2D eigenvalue weighted by Crippen LogP contribution is -2.55. The zero-order valence-corrected chi connectivity index (χ0v) is 22.3. The van der Waals surface area contributed by atoms with Crippen LogP contribution in [0.5, 0.6) is 0 Å².